The number of aryl methyl sites for hydroxylation is 1. The molecule has 7 nitrogen and oxygen atoms in total. The van der Waals surface area contributed by atoms with E-state index in [1.807, 2.05) is 37.4 Å². The predicted molar refractivity (Wildman–Crippen MR) is 142 cm³/mol. The average Bonchev–Trinajstić information content (AvgIpc) is 3.20. The Bertz CT molecular complexity index is 1570. The van der Waals surface area contributed by atoms with Crippen molar-refractivity contribution in [1.82, 2.24) is 9.88 Å². The monoisotopic (exact) mass is 495 g/mol. The summed E-state index contributed by atoms with van der Waals surface area (Å²) in [6.45, 7) is 2.68. The minimum Gasteiger partial charge on any atom is -0.478 e. The van der Waals surface area contributed by atoms with E-state index in [1.54, 1.807) is 6.08 Å². The molecule has 2 amide bonds. The van der Waals surface area contributed by atoms with Crippen molar-refractivity contribution >= 4 is 57.8 Å². The first kappa shape index (κ1) is 23.2. The summed E-state index contributed by atoms with van der Waals surface area (Å²) >= 11 is 5.25. The Kier molecular flexibility index (Phi) is 5.95. The van der Waals surface area contributed by atoms with Gasteiger partial charge in [0, 0.05) is 29.2 Å². The molecule has 3 aromatic carbocycles. The third-order valence-electron chi connectivity index (χ3n) is 6.07. The fourth-order valence-electron chi connectivity index (χ4n) is 4.21. The molecule has 0 unspecified atom stereocenters. The normalized spacial score (nSPS) is 15.0. The van der Waals surface area contributed by atoms with Crippen LogP contribution in [-0.2, 0) is 16.1 Å². The highest BCUT2D eigenvalue weighted by Crippen LogP contribution is 2.27. The van der Waals surface area contributed by atoms with Gasteiger partial charge in [-0.15, -0.1) is 0 Å². The van der Waals surface area contributed by atoms with Gasteiger partial charge in [0.05, 0.1) is 11.3 Å². The van der Waals surface area contributed by atoms with Crippen molar-refractivity contribution in [2.75, 3.05) is 4.90 Å². The average molecular weight is 496 g/mol. The van der Waals surface area contributed by atoms with Crippen LogP contribution in [0.3, 0.4) is 0 Å². The van der Waals surface area contributed by atoms with Gasteiger partial charge in [0.15, 0.2) is 5.11 Å². The maximum absolute atomic E-state index is 13.4. The molecule has 1 aromatic heterocycles. The Hall–Kier alpha value is -4.56. The molecule has 2 N–H and O–H groups in total. The molecule has 0 bridgehead atoms. The quantitative estimate of drug-likeness (QED) is 0.241. The maximum Gasteiger partial charge on any atom is 0.335 e. The van der Waals surface area contributed by atoms with Crippen LogP contribution < -0.4 is 10.2 Å². The predicted octanol–water partition coefficient (Wildman–Crippen LogP) is 4.53. The van der Waals surface area contributed by atoms with E-state index >= 15 is 0 Å². The third kappa shape index (κ3) is 4.30. The number of nitrogens with one attached hydrogen (secondary N) is 1. The maximum atomic E-state index is 13.4. The van der Waals surface area contributed by atoms with Gasteiger partial charge in [-0.05, 0) is 61.1 Å². The number of carbonyl (C=O) groups excluding carboxylic acids is 2. The van der Waals surface area contributed by atoms with Crippen LogP contribution in [-0.4, -0.2) is 32.6 Å². The van der Waals surface area contributed by atoms with Gasteiger partial charge in [0.2, 0.25) is 0 Å². The van der Waals surface area contributed by atoms with Crippen LogP contribution in [0.5, 0.6) is 0 Å². The Balaban J connectivity index is 1.53. The van der Waals surface area contributed by atoms with Crippen molar-refractivity contribution in [3.8, 4) is 0 Å². The van der Waals surface area contributed by atoms with Gasteiger partial charge >= 0.3 is 5.97 Å². The van der Waals surface area contributed by atoms with E-state index in [1.165, 1.54) is 34.7 Å². The van der Waals surface area contributed by atoms with Gasteiger partial charge in [0.25, 0.3) is 11.8 Å². The minimum absolute atomic E-state index is 0.0629. The molecule has 1 aliphatic rings. The second kappa shape index (κ2) is 9.24. The van der Waals surface area contributed by atoms with Crippen LogP contribution in [0.15, 0.2) is 84.6 Å². The molecule has 1 saturated heterocycles. The van der Waals surface area contributed by atoms with E-state index < -0.39 is 17.8 Å². The first-order chi connectivity index (χ1) is 17.3. The zero-order valence-electron chi connectivity index (χ0n) is 19.3. The number of rotatable bonds is 5. The Morgan fingerprint density at radius 1 is 1.00 bits per heavy atom. The molecule has 1 aliphatic heterocycles. The second-order valence-electron chi connectivity index (χ2n) is 8.52. The van der Waals surface area contributed by atoms with Gasteiger partial charge in [-0.1, -0.05) is 48.0 Å². The number of fused-ring (bicyclic) bond motifs is 1. The van der Waals surface area contributed by atoms with Crippen LogP contribution in [0.1, 0.15) is 27.0 Å². The standard InChI is InChI=1S/C28H21N3O4S/c1-17-6-8-18(9-7-17)15-30-16-20(22-4-2-3-5-24(22)30)14-23-25(32)29-28(36)31(26(23)33)21-12-10-19(11-13-21)27(34)35/h2-14,16H,15H2,1H3,(H,34,35)(H,29,32,36)/b23-14+. The highest BCUT2D eigenvalue weighted by atomic mass is 32.1. The van der Waals surface area contributed by atoms with Crippen molar-refractivity contribution in [2.45, 2.75) is 13.5 Å². The Labute approximate surface area is 212 Å². The van der Waals surface area contributed by atoms with Gasteiger partial charge in [-0.25, -0.2) is 4.79 Å². The number of aromatic nitrogens is 1. The zero-order valence-corrected chi connectivity index (χ0v) is 20.1. The molecule has 0 aliphatic carbocycles. The van der Waals surface area contributed by atoms with Crippen LogP contribution >= 0.6 is 12.2 Å². The first-order valence-electron chi connectivity index (χ1n) is 11.2. The SMILES string of the molecule is Cc1ccc(Cn2cc(/C=C3\C(=O)NC(=S)N(c4ccc(C(=O)O)cc4)C3=O)c3ccccc32)cc1. The fourth-order valence-corrected chi connectivity index (χ4v) is 4.49. The van der Waals surface area contributed by atoms with E-state index in [0.717, 1.165) is 22.0 Å². The summed E-state index contributed by atoms with van der Waals surface area (Å²) in [5, 5.41) is 12.6. The van der Waals surface area contributed by atoms with Gasteiger partial charge < -0.3 is 9.67 Å². The zero-order chi connectivity index (χ0) is 25.4. The highest BCUT2D eigenvalue weighted by Gasteiger charge is 2.34. The smallest absolute Gasteiger partial charge is 0.335 e. The molecule has 5 rings (SSSR count). The molecule has 1 fully saturated rings. The molecule has 178 valence electrons. The van der Waals surface area contributed by atoms with Crippen molar-refractivity contribution in [3.05, 3.63) is 107 Å². The lowest BCUT2D eigenvalue weighted by atomic mass is 10.1. The number of para-hydroxylation sites is 1. The molecule has 36 heavy (non-hydrogen) atoms. The number of hydrogen-bond donors (Lipinski definition) is 2. The van der Waals surface area contributed by atoms with Gasteiger partial charge in [-0.2, -0.15) is 0 Å². The third-order valence-corrected chi connectivity index (χ3v) is 6.35. The molecular formula is C28H21N3O4S. The van der Waals surface area contributed by atoms with E-state index in [9.17, 15) is 14.4 Å². The number of nitrogens with zero attached hydrogens (tertiary/aromatic N) is 2. The lowest BCUT2D eigenvalue weighted by Gasteiger charge is -2.28. The van der Waals surface area contributed by atoms with E-state index in [0.29, 0.717) is 12.2 Å². The number of anilines is 1. The summed E-state index contributed by atoms with van der Waals surface area (Å²) in [5.41, 5.74) is 4.40. The van der Waals surface area contributed by atoms with Crippen LogP contribution in [0.2, 0.25) is 0 Å². The first-order valence-corrected chi connectivity index (χ1v) is 11.6. The molecule has 2 heterocycles. The molecular weight excluding hydrogens is 474 g/mol. The van der Waals surface area contributed by atoms with E-state index in [-0.39, 0.29) is 16.2 Å². The summed E-state index contributed by atoms with van der Waals surface area (Å²) in [7, 11) is 0. The van der Waals surface area contributed by atoms with Crippen molar-refractivity contribution in [3.63, 3.8) is 0 Å². The van der Waals surface area contributed by atoms with Crippen molar-refractivity contribution in [1.29, 1.82) is 0 Å². The topological polar surface area (TPSA) is 91.6 Å². The molecule has 0 spiro atoms. The summed E-state index contributed by atoms with van der Waals surface area (Å²) in [6, 6.07) is 21.8. The van der Waals surface area contributed by atoms with Crippen LogP contribution in [0.4, 0.5) is 5.69 Å². The molecule has 4 aromatic rings. The van der Waals surface area contributed by atoms with E-state index in [2.05, 4.69) is 34.1 Å². The van der Waals surface area contributed by atoms with Gasteiger partial charge in [-0.3, -0.25) is 19.8 Å². The summed E-state index contributed by atoms with van der Waals surface area (Å²) in [5.74, 6) is -2.24. The van der Waals surface area contributed by atoms with Crippen LogP contribution in [0, 0.1) is 6.92 Å². The molecule has 0 atom stereocenters. The van der Waals surface area contributed by atoms with Crippen molar-refractivity contribution in [2.24, 2.45) is 0 Å². The number of carboxylic acids is 1. The Morgan fingerprint density at radius 2 is 1.69 bits per heavy atom. The summed E-state index contributed by atoms with van der Waals surface area (Å²) in [6.07, 6.45) is 3.50. The summed E-state index contributed by atoms with van der Waals surface area (Å²) in [4.78, 5) is 38.6. The van der Waals surface area contributed by atoms with Crippen molar-refractivity contribution < 1.29 is 19.5 Å². The molecule has 0 radical (unpaired) electrons. The second-order valence-corrected chi connectivity index (χ2v) is 8.91. The Morgan fingerprint density at radius 3 is 2.39 bits per heavy atom. The number of hydrogen-bond acceptors (Lipinski definition) is 4. The molecule has 8 heteroatoms. The number of carbonyl (C=O) groups is 3. The molecule has 0 saturated carbocycles. The van der Waals surface area contributed by atoms with Crippen LogP contribution in [0.25, 0.3) is 17.0 Å². The lowest BCUT2D eigenvalue weighted by Crippen LogP contribution is -2.54. The lowest BCUT2D eigenvalue weighted by molar-refractivity contribution is -0.122. The highest BCUT2D eigenvalue weighted by molar-refractivity contribution is 7.80. The summed E-state index contributed by atoms with van der Waals surface area (Å²) < 4.78 is 2.09. The fraction of sp³-hybridized carbons (Fsp3) is 0.0714. The number of carboxylic acid groups (broad SMARTS) is 1. The number of benzene rings is 3. The number of amides is 2. The number of aromatic carboxylic acids is 1. The van der Waals surface area contributed by atoms with Gasteiger partial charge in [0.1, 0.15) is 5.57 Å². The largest absolute Gasteiger partial charge is 0.478 e. The van der Waals surface area contributed by atoms with E-state index in [4.69, 9.17) is 17.3 Å². The minimum atomic E-state index is -1.08. The number of thiocarbonyl (C=S) groups is 1.